The summed E-state index contributed by atoms with van der Waals surface area (Å²) in [5, 5.41) is 0. The Hall–Kier alpha value is 0.180. The molecule has 0 aromatic heterocycles. The van der Waals surface area contributed by atoms with Gasteiger partial charge in [0.25, 0.3) is 0 Å². The molecule has 1 nitrogen and oxygen atoms in total. The highest BCUT2D eigenvalue weighted by molar-refractivity contribution is 5.85. The van der Waals surface area contributed by atoms with Gasteiger partial charge < -0.3 is 5.73 Å². The van der Waals surface area contributed by atoms with E-state index < -0.39 is 6.30 Å². The average Bonchev–Trinajstić information content (AvgIpc) is 1.38. The third-order valence-electron chi connectivity index (χ3n) is 0.318. The first-order valence-electron chi connectivity index (χ1n) is 1.46. The molecule has 0 aliphatic heterocycles. The zero-order valence-corrected chi connectivity index (χ0v) is 4.33. The molecule has 0 heterocycles. The standard InChI is InChI=1S/C3H7FN.ClH/c1-2-3(4)5;/h2-3H,5H2,1H3;1H. The number of hydrogen-bond acceptors (Lipinski definition) is 1. The van der Waals surface area contributed by atoms with Crippen LogP contribution in [-0.2, 0) is 0 Å². The highest BCUT2D eigenvalue weighted by atomic mass is 35.5. The van der Waals surface area contributed by atoms with Gasteiger partial charge in [0, 0.05) is 6.42 Å². The number of hydrogen-bond donors (Lipinski definition) is 1. The van der Waals surface area contributed by atoms with E-state index in [-0.39, 0.29) is 12.4 Å². The van der Waals surface area contributed by atoms with Crippen molar-refractivity contribution in [1.29, 1.82) is 0 Å². The molecule has 0 aromatic carbocycles. The van der Waals surface area contributed by atoms with Gasteiger partial charge in [-0.2, -0.15) is 0 Å². The fourth-order valence-electron chi connectivity index (χ4n) is 0. The number of nitrogens with two attached hydrogens (primary N) is 1. The van der Waals surface area contributed by atoms with E-state index in [4.69, 9.17) is 0 Å². The van der Waals surface area contributed by atoms with E-state index in [0.29, 0.717) is 0 Å². The van der Waals surface area contributed by atoms with Crippen LogP contribution in [-0.4, -0.2) is 6.30 Å². The number of rotatable bonds is 1. The van der Waals surface area contributed by atoms with E-state index in [1.54, 1.807) is 6.92 Å². The third kappa shape index (κ3) is 8.89. The van der Waals surface area contributed by atoms with E-state index in [9.17, 15) is 4.39 Å². The van der Waals surface area contributed by atoms with Gasteiger partial charge in [0.1, 0.15) is 0 Å². The molecule has 0 aliphatic rings. The largest absolute Gasteiger partial charge is 0.302 e. The molecule has 0 aromatic rings. The molecule has 1 atom stereocenters. The van der Waals surface area contributed by atoms with Crippen molar-refractivity contribution in [3.05, 3.63) is 6.42 Å². The molecule has 0 rings (SSSR count). The molecular weight excluding hydrogens is 104 g/mol. The van der Waals surface area contributed by atoms with E-state index in [0.717, 1.165) is 0 Å². The highest BCUT2D eigenvalue weighted by Gasteiger charge is 1.85. The lowest BCUT2D eigenvalue weighted by atomic mass is 10.5. The molecular formula is C3H8ClFN. The van der Waals surface area contributed by atoms with Gasteiger partial charge in [-0.3, -0.25) is 0 Å². The lowest BCUT2D eigenvalue weighted by Crippen LogP contribution is -2.10. The molecule has 2 N–H and O–H groups in total. The zero-order valence-electron chi connectivity index (χ0n) is 3.52. The second kappa shape index (κ2) is 5.18. The smallest absolute Gasteiger partial charge is 0.151 e. The Labute approximate surface area is 43.1 Å². The minimum atomic E-state index is -1.24. The van der Waals surface area contributed by atoms with E-state index in [1.165, 1.54) is 6.42 Å². The van der Waals surface area contributed by atoms with Gasteiger partial charge in [0.2, 0.25) is 0 Å². The maximum atomic E-state index is 11.2. The van der Waals surface area contributed by atoms with Crippen molar-refractivity contribution in [2.75, 3.05) is 0 Å². The van der Waals surface area contributed by atoms with Crippen LogP contribution in [0.1, 0.15) is 6.92 Å². The lowest BCUT2D eigenvalue weighted by molar-refractivity contribution is 0.389. The first kappa shape index (κ1) is 9.49. The van der Waals surface area contributed by atoms with Crippen LogP contribution in [0.15, 0.2) is 0 Å². The van der Waals surface area contributed by atoms with Crippen LogP contribution in [0.5, 0.6) is 0 Å². The van der Waals surface area contributed by atoms with Crippen LogP contribution < -0.4 is 5.73 Å². The van der Waals surface area contributed by atoms with Crippen LogP contribution >= 0.6 is 12.4 Å². The summed E-state index contributed by atoms with van der Waals surface area (Å²) in [4.78, 5) is 0. The lowest BCUT2D eigenvalue weighted by Gasteiger charge is -1.86. The van der Waals surface area contributed by atoms with Crippen molar-refractivity contribution in [3.63, 3.8) is 0 Å². The summed E-state index contributed by atoms with van der Waals surface area (Å²) in [6.45, 7) is 1.57. The van der Waals surface area contributed by atoms with Crippen LogP contribution in [0.3, 0.4) is 0 Å². The maximum Gasteiger partial charge on any atom is 0.151 e. The van der Waals surface area contributed by atoms with Crippen molar-refractivity contribution in [2.45, 2.75) is 13.2 Å². The Morgan fingerprint density at radius 1 is 1.83 bits per heavy atom. The summed E-state index contributed by atoms with van der Waals surface area (Å²) < 4.78 is 11.2. The summed E-state index contributed by atoms with van der Waals surface area (Å²) in [6.07, 6.45) is 0.0370. The Balaban J connectivity index is 0. The predicted octanol–water partition coefficient (Wildman–Crippen LogP) is 0.887. The molecule has 0 amide bonds. The van der Waals surface area contributed by atoms with Gasteiger partial charge in [0.05, 0.1) is 0 Å². The average molecular weight is 113 g/mol. The van der Waals surface area contributed by atoms with Gasteiger partial charge in [-0.05, 0) is 0 Å². The molecule has 3 heteroatoms. The van der Waals surface area contributed by atoms with E-state index in [1.807, 2.05) is 0 Å². The second-order valence-electron chi connectivity index (χ2n) is 0.778. The summed E-state index contributed by atoms with van der Waals surface area (Å²) in [5.41, 5.74) is 4.57. The fraction of sp³-hybridized carbons (Fsp3) is 0.667. The molecule has 0 saturated carbocycles. The van der Waals surface area contributed by atoms with Crippen molar-refractivity contribution in [1.82, 2.24) is 0 Å². The predicted molar refractivity (Wildman–Crippen MR) is 26.3 cm³/mol. The molecule has 1 radical (unpaired) electrons. The topological polar surface area (TPSA) is 26.0 Å². The first-order chi connectivity index (χ1) is 2.27. The molecule has 0 fully saturated rings. The minimum Gasteiger partial charge on any atom is -0.302 e. The Morgan fingerprint density at radius 2 is 2.00 bits per heavy atom. The quantitative estimate of drug-likeness (QED) is 0.501. The van der Waals surface area contributed by atoms with Crippen LogP contribution in [0.2, 0.25) is 0 Å². The highest BCUT2D eigenvalue weighted by Crippen LogP contribution is 1.79. The normalized spacial score (nSPS) is 12.5. The summed E-state index contributed by atoms with van der Waals surface area (Å²) >= 11 is 0. The maximum absolute atomic E-state index is 11.2. The summed E-state index contributed by atoms with van der Waals surface area (Å²) in [6, 6.07) is 0. The van der Waals surface area contributed by atoms with Crippen LogP contribution in [0.25, 0.3) is 0 Å². The molecule has 6 heavy (non-hydrogen) atoms. The van der Waals surface area contributed by atoms with E-state index >= 15 is 0 Å². The summed E-state index contributed by atoms with van der Waals surface area (Å²) in [5.74, 6) is 0. The Bertz CT molecular complexity index is 24.8. The second-order valence-corrected chi connectivity index (χ2v) is 0.778. The minimum absolute atomic E-state index is 0. The number of alkyl halides is 1. The van der Waals surface area contributed by atoms with Crippen molar-refractivity contribution in [2.24, 2.45) is 5.73 Å². The van der Waals surface area contributed by atoms with Crippen LogP contribution in [0, 0.1) is 6.42 Å². The van der Waals surface area contributed by atoms with Crippen molar-refractivity contribution in [3.8, 4) is 0 Å². The molecule has 39 valence electrons. The van der Waals surface area contributed by atoms with Gasteiger partial charge in [-0.25, -0.2) is 4.39 Å². The number of halogens is 2. The van der Waals surface area contributed by atoms with Gasteiger partial charge in [-0.1, -0.05) is 6.92 Å². The van der Waals surface area contributed by atoms with E-state index in [2.05, 4.69) is 5.73 Å². The molecule has 0 spiro atoms. The van der Waals surface area contributed by atoms with Gasteiger partial charge >= 0.3 is 0 Å². The monoisotopic (exact) mass is 112 g/mol. The fourth-order valence-corrected chi connectivity index (χ4v) is 0. The molecule has 0 aliphatic carbocycles. The summed E-state index contributed by atoms with van der Waals surface area (Å²) in [7, 11) is 0. The third-order valence-corrected chi connectivity index (χ3v) is 0.318. The van der Waals surface area contributed by atoms with Gasteiger partial charge in [-0.15, -0.1) is 12.4 Å². The van der Waals surface area contributed by atoms with Gasteiger partial charge in [0.15, 0.2) is 6.30 Å². The zero-order chi connectivity index (χ0) is 4.28. The molecule has 0 saturated heterocycles. The van der Waals surface area contributed by atoms with Crippen molar-refractivity contribution >= 4 is 12.4 Å². The first-order valence-corrected chi connectivity index (χ1v) is 1.46. The van der Waals surface area contributed by atoms with Crippen molar-refractivity contribution < 1.29 is 4.39 Å². The molecule has 0 bridgehead atoms. The van der Waals surface area contributed by atoms with Crippen LogP contribution in [0.4, 0.5) is 4.39 Å². The Morgan fingerprint density at radius 3 is 2.00 bits per heavy atom. The SMILES string of the molecule is C[CH]C(N)F.Cl. The Kier molecular flexibility index (Phi) is 8.19. The molecule has 1 unspecified atom stereocenters.